The molecule has 1 aliphatic heterocycles. The largest absolute Gasteiger partial charge is 0.726 e. The van der Waals surface area contributed by atoms with Crippen LogP contribution in [0.15, 0.2) is 29.3 Å². The SMILES string of the molecule is CCCCCCCC/C=C\CCCCCCCC[N+]1(CCCCCCCC/C=C\CCCCCCCC)CCN=C1C.COS(=O)(=O)[O-]. The highest BCUT2D eigenvalue weighted by molar-refractivity contribution is 7.80. The Kier molecular flexibility index (Phi) is 33.7. The van der Waals surface area contributed by atoms with Crippen LogP contribution in [0.2, 0.25) is 0 Å². The van der Waals surface area contributed by atoms with Gasteiger partial charge in [0, 0.05) is 6.92 Å². The minimum absolute atomic E-state index is 0.808. The lowest BCUT2D eigenvalue weighted by Gasteiger charge is -2.34. The molecule has 7 heteroatoms. The van der Waals surface area contributed by atoms with Gasteiger partial charge < -0.3 is 4.55 Å². The number of hydrogen-bond donors (Lipinski definition) is 0. The number of quaternary nitrogens is 1. The van der Waals surface area contributed by atoms with Crippen molar-refractivity contribution in [2.45, 2.75) is 201 Å². The van der Waals surface area contributed by atoms with Gasteiger partial charge in [0.15, 0.2) is 5.84 Å². The lowest BCUT2D eigenvalue weighted by Crippen LogP contribution is -2.51. The Labute approximate surface area is 300 Å². The average Bonchev–Trinajstić information content (AvgIpc) is 3.43. The number of aliphatic imine (C=N–C) groups is 1. The van der Waals surface area contributed by atoms with Gasteiger partial charge in [-0.05, 0) is 77.0 Å². The second-order valence-electron chi connectivity index (χ2n) is 14.2. The van der Waals surface area contributed by atoms with Crippen LogP contribution in [-0.4, -0.2) is 56.6 Å². The Morgan fingerprint density at radius 3 is 1.15 bits per heavy atom. The van der Waals surface area contributed by atoms with Crippen molar-refractivity contribution >= 4 is 16.2 Å². The summed E-state index contributed by atoms with van der Waals surface area (Å²) in [5.41, 5.74) is 0. The summed E-state index contributed by atoms with van der Waals surface area (Å²) in [5, 5.41) is 0. The summed E-state index contributed by atoms with van der Waals surface area (Å²) in [6, 6.07) is 0. The van der Waals surface area contributed by atoms with Crippen molar-refractivity contribution in [3.8, 4) is 0 Å². The summed E-state index contributed by atoms with van der Waals surface area (Å²) < 4.78 is 32.2. The maximum atomic E-state index is 9.22. The maximum Gasteiger partial charge on any atom is 0.217 e. The predicted molar refractivity (Wildman–Crippen MR) is 208 cm³/mol. The van der Waals surface area contributed by atoms with Gasteiger partial charge in [0.2, 0.25) is 10.4 Å². The minimum Gasteiger partial charge on any atom is -0.726 e. The first kappa shape index (κ1) is 47.0. The molecule has 1 heterocycles. The Morgan fingerprint density at radius 1 is 0.583 bits per heavy atom. The predicted octanol–water partition coefficient (Wildman–Crippen LogP) is 12.4. The van der Waals surface area contributed by atoms with Crippen LogP contribution in [0.1, 0.15) is 201 Å². The van der Waals surface area contributed by atoms with Gasteiger partial charge in [-0.1, -0.05) is 141 Å². The summed E-state index contributed by atoms with van der Waals surface area (Å²) >= 11 is 0. The van der Waals surface area contributed by atoms with E-state index in [4.69, 9.17) is 4.99 Å². The van der Waals surface area contributed by atoms with Gasteiger partial charge >= 0.3 is 0 Å². The topological polar surface area (TPSA) is 78.8 Å². The first-order valence-corrected chi connectivity index (χ1v) is 21.8. The molecule has 0 N–H and O–H groups in total. The monoisotopic (exact) mass is 697 g/mol. The fraction of sp³-hybridized carbons (Fsp3) is 0.878. The van der Waals surface area contributed by atoms with Crippen molar-refractivity contribution in [1.29, 1.82) is 0 Å². The highest BCUT2D eigenvalue weighted by atomic mass is 32.3. The Bertz CT molecular complexity index is 843. The van der Waals surface area contributed by atoms with Crippen LogP contribution in [0, 0.1) is 0 Å². The molecule has 0 aromatic carbocycles. The summed E-state index contributed by atoms with van der Waals surface area (Å²) in [6.45, 7) is 11.9. The first-order valence-electron chi connectivity index (χ1n) is 20.5. The van der Waals surface area contributed by atoms with Crippen molar-refractivity contribution in [1.82, 2.24) is 0 Å². The number of allylic oxidation sites excluding steroid dienone is 4. The van der Waals surface area contributed by atoms with E-state index in [-0.39, 0.29) is 0 Å². The van der Waals surface area contributed by atoms with Gasteiger partial charge in [0.25, 0.3) is 0 Å². The van der Waals surface area contributed by atoms with E-state index in [0.29, 0.717) is 0 Å². The lowest BCUT2D eigenvalue weighted by atomic mass is 10.1. The van der Waals surface area contributed by atoms with E-state index in [1.807, 2.05) is 0 Å². The van der Waals surface area contributed by atoms with Crippen molar-refractivity contribution in [3.63, 3.8) is 0 Å². The second kappa shape index (κ2) is 34.4. The molecule has 0 saturated carbocycles. The molecule has 0 aromatic heterocycles. The zero-order valence-electron chi connectivity index (χ0n) is 32.4. The molecule has 0 radical (unpaired) electrons. The molecule has 0 bridgehead atoms. The van der Waals surface area contributed by atoms with E-state index in [1.165, 1.54) is 210 Å². The summed E-state index contributed by atoms with van der Waals surface area (Å²) in [7, 11) is -3.60. The number of amidine groups is 1. The highest BCUT2D eigenvalue weighted by Crippen LogP contribution is 2.21. The lowest BCUT2D eigenvalue weighted by molar-refractivity contribution is -0.836. The molecule has 0 aliphatic carbocycles. The molecule has 0 amide bonds. The van der Waals surface area contributed by atoms with Crippen molar-refractivity contribution in [2.24, 2.45) is 4.99 Å². The third-order valence-electron chi connectivity index (χ3n) is 9.96. The summed E-state index contributed by atoms with van der Waals surface area (Å²) in [4.78, 5) is 4.85. The third-order valence-corrected chi connectivity index (χ3v) is 10.4. The van der Waals surface area contributed by atoms with Gasteiger partial charge in [-0.25, -0.2) is 13.4 Å². The average molecular weight is 697 g/mol. The van der Waals surface area contributed by atoms with Gasteiger partial charge in [-0.15, -0.1) is 0 Å². The Hall–Kier alpha value is -1.02. The van der Waals surface area contributed by atoms with Gasteiger partial charge in [-0.2, -0.15) is 0 Å². The number of rotatable bonds is 33. The van der Waals surface area contributed by atoms with Gasteiger partial charge in [0.05, 0.1) is 26.7 Å². The zero-order valence-corrected chi connectivity index (χ0v) is 33.2. The molecule has 48 heavy (non-hydrogen) atoms. The van der Waals surface area contributed by atoms with Crippen LogP contribution in [0.3, 0.4) is 0 Å². The molecule has 0 atom stereocenters. The quantitative estimate of drug-likeness (QED) is 0.0225. The minimum atomic E-state index is -4.41. The molecule has 1 rings (SSSR count). The summed E-state index contributed by atoms with van der Waals surface area (Å²) in [6.07, 6.45) is 48.8. The third kappa shape index (κ3) is 31.0. The van der Waals surface area contributed by atoms with E-state index in [2.05, 4.69) is 49.3 Å². The summed E-state index contributed by atoms with van der Waals surface area (Å²) in [5.74, 6) is 1.43. The highest BCUT2D eigenvalue weighted by Gasteiger charge is 2.34. The number of nitrogens with zero attached hydrogens (tertiary/aromatic N) is 2. The van der Waals surface area contributed by atoms with Crippen LogP contribution in [0.4, 0.5) is 0 Å². The van der Waals surface area contributed by atoms with Crippen LogP contribution in [0.25, 0.3) is 0 Å². The molecule has 6 nitrogen and oxygen atoms in total. The van der Waals surface area contributed by atoms with Crippen molar-refractivity contribution < 1.29 is 21.6 Å². The maximum absolute atomic E-state index is 9.22. The zero-order chi connectivity index (χ0) is 35.4. The van der Waals surface area contributed by atoms with Crippen LogP contribution in [0.5, 0.6) is 0 Å². The standard InChI is InChI=1S/C40H77N2.CH4O4S/c1-4-6-8-10-12-14-16-18-20-22-24-26-28-30-32-34-37-42(39-36-41-40(42)3)38-35-33-31-29-27-25-23-21-19-17-15-13-11-9-7-5-2;1-5-6(2,3)4/h18-21H,4-17,22-39H2,1-3H3;1H3,(H,2,3,4)/q+1;/p-1/b20-18-,21-19-;. The Morgan fingerprint density at radius 2 is 0.875 bits per heavy atom. The molecule has 0 unspecified atom stereocenters. The van der Waals surface area contributed by atoms with Crippen molar-refractivity contribution in [3.05, 3.63) is 24.3 Å². The van der Waals surface area contributed by atoms with E-state index >= 15 is 0 Å². The smallest absolute Gasteiger partial charge is 0.217 e. The molecule has 284 valence electrons. The Balaban J connectivity index is 0.00000335. The normalized spacial score (nSPS) is 14.6. The molecule has 0 saturated heterocycles. The van der Waals surface area contributed by atoms with E-state index in [0.717, 1.165) is 13.7 Å². The van der Waals surface area contributed by atoms with Crippen molar-refractivity contribution in [2.75, 3.05) is 33.3 Å². The van der Waals surface area contributed by atoms with E-state index in [9.17, 15) is 13.0 Å². The second-order valence-corrected chi connectivity index (χ2v) is 15.3. The first-order chi connectivity index (χ1) is 23.3. The number of hydrogen-bond acceptors (Lipinski definition) is 5. The molecule has 1 aliphatic rings. The van der Waals surface area contributed by atoms with Gasteiger partial charge in [-0.3, -0.25) is 8.67 Å². The van der Waals surface area contributed by atoms with Gasteiger partial charge in [0.1, 0.15) is 6.54 Å². The van der Waals surface area contributed by atoms with E-state index < -0.39 is 10.4 Å². The fourth-order valence-electron chi connectivity index (χ4n) is 6.70. The molecule has 0 fully saturated rings. The molecule has 0 aromatic rings. The van der Waals surface area contributed by atoms with Crippen LogP contribution < -0.4 is 0 Å². The number of unbranched alkanes of at least 4 members (excludes halogenated alkanes) is 24. The molecular formula is C41H80N2O4S. The van der Waals surface area contributed by atoms with Crippen LogP contribution >= 0.6 is 0 Å². The fourth-order valence-corrected chi connectivity index (χ4v) is 6.70. The van der Waals surface area contributed by atoms with Crippen LogP contribution in [-0.2, 0) is 14.6 Å². The molecular weight excluding hydrogens is 617 g/mol. The molecule has 0 spiro atoms. The van der Waals surface area contributed by atoms with E-state index in [1.54, 1.807) is 0 Å².